The summed E-state index contributed by atoms with van der Waals surface area (Å²) in [5, 5.41) is 2.91. The number of nitrogens with one attached hydrogen (secondary N) is 1. The van der Waals surface area contributed by atoms with E-state index in [1.54, 1.807) is 25.6 Å². The first-order chi connectivity index (χ1) is 14.8. The molecule has 1 heterocycles. The minimum atomic E-state index is -1.02. The first-order valence-electron chi connectivity index (χ1n) is 10.9. The maximum absolute atomic E-state index is 13.3. The maximum atomic E-state index is 13.3. The van der Waals surface area contributed by atoms with Crippen molar-refractivity contribution in [2.75, 3.05) is 18.8 Å². The topological polar surface area (TPSA) is 75.4 Å². The Bertz CT molecular complexity index is 844. The Morgan fingerprint density at radius 2 is 1.65 bits per heavy atom. The number of nitrogens with two attached hydrogens (primary N) is 1. The summed E-state index contributed by atoms with van der Waals surface area (Å²) in [6.45, 7) is 4.74. The SMILES string of the molecule is CC(C)(N)C(=O)N[C@@H](CSCc1ccccc1)C(=O)N1CCC(c2ccccc2)CC1. The van der Waals surface area contributed by atoms with Gasteiger partial charge < -0.3 is 16.0 Å². The summed E-state index contributed by atoms with van der Waals surface area (Å²) in [6, 6.07) is 20.1. The van der Waals surface area contributed by atoms with Crippen molar-refractivity contribution in [2.24, 2.45) is 5.73 Å². The zero-order chi connectivity index (χ0) is 22.3. The number of rotatable bonds is 8. The summed E-state index contributed by atoms with van der Waals surface area (Å²) in [7, 11) is 0. The Morgan fingerprint density at radius 1 is 1.06 bits per heavy atom. The largest absolute Gasteiger partial charge is 0.342 e. The molecule has 31 heavy (non-hydrogen) atoms. The molecule has 2 aromatic rings. The molecule has 3 rings (SSSR count). The molecule has 0 radical (unpaired) electrons. The molecule has 3 N–H and O–H groups in total. The molecule has 1 fully saturated rings. The number of piperidine rings is 1. The number of amides is 2. The lowest BCUT2D eigenvalue weighted by Crippen LogP contribution is -2.57. The Hall–Kier alpha value is -2.31. The smallest absolute Gasteiger partial charge is 0.246 e. The summed E-state index contributed by atoms with van der Waals surface area (Å²) in [6.07, 6.45) is 1.88. The van der Waals surface area contributed by atoms with Crippen molar-refractivity contribution in [2.45, 2.75) is 49.9 Å². The Labute approximate surface area is 189 Å². The van der Waals surface area contributed by atoms with Crippen LogP contribution in [-0.2, 0) is 15.3 Å². The van der Waals surface area contributed by atoms with E-state index in [4.69, 9.17) is 5.73 Å². The standard InChI is InChI=1S/C25H33N3O2S/c1-25(2,26)24(30)27-22(18-31-17-19-9-5-3-6-10-19)23(29)28-15-13-21(14-16-28)20-11-7-4-8-12-20/h3-12,21-22H,13-18,26H2,1-2H3,(H,27,30)/t22-/m0/s1. The van der Waals surface area contributed by atoms with Crippen LogP contribution in [0.2, 0.25) is 0 Å². The van der Waals surface area contributed by atoms with Crippen molar-refractivity contribution in [3.63, 3.8) is 0 Å². The van der Waals surface area contributed by atoms with Crippen molar-refractivity contribution in [3.8, 4) is 0 Å². The molecule has 166 valence electrons. The van der Waals surface area contributed by atoms with E-state index in [0.717, 1.165) is 18.6 Å². The van der Waals surface area contributed by atoms with Crippen LogP contribution in [0.1, 0.15) is 43.7 Å². The number of hydrogen-bond donors (Lipinski definition) is 2. The molecule has 2 amide bonds. The molecule has 1 atom stereocenters. The average molecular weight is 440 g/mol. The van der Waals surface area contributed by atoms with E-state index in [1.807, 2.05) is 29.2 Å². The summed E-state index contributed by atoms with van der Waals surface area (Å²) in [4.78, 5) is 27.7. The highest BCUT2D eigenvalue weighted by atomic mass is 32.2. The number of thioether (sulfide) groups is 1. The fourth-order valence-electron chi connectivity index (χ4n) is 3.77. The highest BCUT2D eigenvalue weighted by Gasteiger charge is 2.32. The predicted octanol–water partition coefficient (Wildman–Crippen LogP) is 3.55. The van der Waals surface area contributed by atoms with Gasteiger partial charge in [-0.3, -0.25) is 9.59 Å². The van der Waals surface area contributed by atoms with Gasteiger partial charge in [-0.05, 0) is 43.7 Å². The van der Waals surface area contributed by atoms with Gasteiger partial charge in [-0.15, -0.1) is 0 Å². The average Bonchev–Trinajstić information content (AvgIpc) is 2.78. The van der Waals surface area contributed by atoms with E-state index in [2.05, 4.69) is 41.7 Å². The van der Waals surface area contributed by atoms with Crippen molar-refractivity contribution in [3.05, 3.63) is 71.8 Å². The van der Waals surface area contributed by atoms with E-state index in [9.17, 15) is 9.59 Å². The Balaban J connectivity index is 1.60. The lowest BCUT2D eigenvalue weighted by Gasteiger charge is -2.35. The molecule has 0 saturated carbocycles. The van der Waals surface area contributed by atoms with Crippen LogP contribution < -0.4 is 11.1 Å². The number of carbonyl (C=O) groups excluding carboxylic acids is 2. The molecule has 1 aliphatic heterocycles. The zero-order valence-electron chi connectivity index (χ0n) is 18.4. The van der Waals surface area contributed by atoms with Crippen LogP contribution in [0.25, 0.3) is 0 Å². The summed E-state index contributed by atoms with van der Waals surface area (Å²) < 4.78 is 0. The van der Waals surface area contributed by atoms with Crippen LogP contribution in [0, 0.1) is 0 Å². The van der Waals surface area contributed by atoms with Crippen molar-refractivity contribution >= 4 is 23.6 Å². The molecule has 5 nitrogen and oxygen atoms in total. The number of benzene rings is 2. The van der Waals surface area contributed by atoms with Gasteiger partial charge in [0, 0.05) is 24.6 Å². The number of likely N-dealkylation sites (tertiary alicyclic amines) is 1. The van der Waals surface area contributed by atoms with Crippen LogP contribution in [0.15, 0.2) is 60.7 Å². The van der Waals surface area contributed by atoms with E-state index in [1.165, 1.54) is 11.1 Å². The van der Waals surface area contributed by atoms with Crippen LogP contribution in [0.3, 0.4) is 0 Å². The van der Waals surface area contributed by atoms with Gasteiger partial charge in [-0.1, -0.05) is 60.7 Å². The molecule has 6 heteroatoms. The normalized spacial score (nSPS) is 16.0. The van der Waals surface area contributed by atoms with Gasteiger partial charge in [-0.2, -0.15) is 11.8 Å². The predicted molar refractivity (Wildman–Crippen MR) is 128 cm³/mol. The monoisotopic (exact) mass is 439 g/mol. The van der Waals surface area contributed by atoms with Gasteiger partial charge in [0.15, 0.2) is 0 Å². The summed E-state index contributed by atoms with van der Waals surface area (Å²) in [5.41, 5.74) is 7.48. The molecule has 0 unspecified atom stereocenters. The van der Waals surface area contributed by atoms with Gasteiger partial charge >= 0.3 is 0 Å². The first-order valence-corrected chi connectivity index (χ1v) is 12.1. The fraction of sp³-hybridized carbons (Fsp3) is 0.440. The highest BCUT2D eigenvalue weighted by Crippen LogP contribution is 2.28. The van der Waals surface area contributed by atoms with Crippen LogP contribution in [-0.4, -0.2) is 47.1 Å². The van der Waals surface area contributed by atoms with Crippen LogP contribution >= 0.6 is 11.8 Å². The molecule has 0 aliphatic carbocycles. The minimum Gasteiger partial charge on any atom is -0.342 e. The lowest BCUT2D eigenvalue weighted by molar-refractivity contribution is -0.137. The molecule has 0 aromatic heterocycles. The van der Waals surface area contributed by atoms with E-state index >= 15 is 0 Å². The van der Waals surface area contributed by atoms with Gasteiger partial charge in [0.05, 0.1) is 5.54 Å². The molecule has 2 aromatic carbocycles. The van der Waals surface area contributed by atoms with Gasteiger partial charge in [0.2, 0.25) is 11.8 Å². The molecule has 0 bridgehead atoms. The Morgan fingerprint density at radius 3 is 2.23 bits per heavy atom. The molecule has 1 aliphatic rings. The third kappa shape index (κ3) is 6.84. The van der Waals surface area contributed by atoms with Crippen molar-refractivity contribution < 1.29 is 9.59 Å². The van der Waals surface area contributed by atoms with Crippen LogP contribution in [0.4, 0.5) is 0 Å². The number of nitrogens with zero attached hydrogens (tertiary/aromatic N) is 1. The summed E-state index contributed by atoms with van der Waals surface area (Å²) in [5.74, 6) is 1.49. The molecule has 1 saturated heterocycles. The Kier molecular flexibility index (Phi) is 8.15. The first kappa shape index (κ1) is 23.4. The second-order valence-electron chi connectivity index (χ2n) is 8.76. The molecular formula is C25H33N3O2S. The third-order valence-electron chi connectivity index (χ3n) is 5.66. The molecule has 0 spiro atoms. The summed E-state index contributed by atoms with van der Waals surface area (Å²) >= 11 is 1.65. The van der Waals surface area contributed by atoms with Gasteiger partial charge in [-0.25, -0.2) is 0 Å². The highest BCUT2D eigenvalue weighted by molar-refractivity contribution is 7.98. The second kappa shape index (κ2) is 10.8. The van der Waals surface area contributed by atoms with E-state index in [0.29, 0.717) is 24.8 Å². The zero-order valence-corrected chi connectivity index (χ0v) is 19.2. The second-order valence-corrected chi connectivity index (χ2v) is 9.79. The minimum absolute atomic E-state index is 0.00956. The van der Waals surface area contributed by atoms with Gasteiger partial charge in [0.25, 0.3) is 0 Å². The number of hydrogen-bond acceptors (Lipinski definition) is 4. The van der Waals surface area contributed by atoms with Crippen LogP contribution in [0.5, 0.6) is 0 Å². The van der Waals surface area contributed by atoms with Gasteiger partial charge in [0.1, 0.15) is 6.04 Å². The van der Waals surface area contributed by atoms with Crippen molar-refractivity contribution in [1.82, 2.24) is 10.2 Å². The van der Waals surface area contributed by atoms with E-state index in [-0.39, 0.29) is 11.8 Å². The quantitative estimate of drug-likeness (QED) is 0.660. The fourth-order valence-corrected chi connectivity index (χ4v) is 4.77. The van der Waals surface area contributed by atoms with Crippen molar-refractivity contribution in [1.29, 1.82) is 0 Å². The van der Waals surface area contributed by atoms with E-state index < -0.39 is 11.6 Å². The lowest BCUT2D eigenvalue weighted by atomic mass is 9.89. The number of carbonyl (C=O) groups is 2. The maximum Gasteiger partial charge on any atom is 0.246 e. The molecular weight excluding hydrogens is 406 g/mol. The third-order valence-corrected chi connectivity index (χ3v) is 6.77.